The summed E-state index contributed by atoms with van der Waals surface area (Å²) in [5.74, 6) is 1.25. The topological polar surface area (TPSA) is 73.0 Å². The molecule has 31 heavy (non-hydrogen) atoms. The number of nitrogens with one attached hydrogen (secondary N) is 1. The predicted octanol–water partition coefficient (Wildman–Crippen LogP) is 5.21. The minimum Gasteiger partial charge on any atom is -0.457 e. The van der Waals surface area contributed by atoms with Crippen molar-refractivity contribution >= 4 is 28.6 Å². The Balaban J connectivity index is 1.36. The van der Waals surface area contributed by atoms with E-state index in [0.29, 0.717) is 11.6 Å². The highest BCUT2D eigenvalue weighted by Crippen LogP contribution is 2.27. The summed E-state index contributed by atoms with van der Waals surface area (Å²) in [6, 6.07) is 14.0. The Kier molecular flexibility index (Phi) is 5.08. The van der Waals surface area contributed by atoms with Gasteiger partial charge in [-0.25, -0.2) is 4.39 Å². The van der Waals surface area contributed by atoms with Crippen LogP contribution in [0.2, 0.25) is 0 Å². The molecule has 0 aliphatic carbocycles. The van der Waals surface area contributed by atoms with Crippen LogP contribution in [0, 0.1) is 5.82 Å². The van der Waals surface area contributed by atoms with Crippen LogP contribution in [0.4, 0.5) is 10.1 Å². The Labute approximate surface area is 178 Å². The standard InChI is InChI=1S/C24H21FN4O2/c25-19-11-9-17(24-28-27-22-8-2-1-5-13-29(22)24)15-20(19)26-23(30)12-10-18-14-16-6-3-4-7-21(16)31-18/h3-4,6-7,9-12,14-15H,1-2,5,8,13H2,(H,26,30)/b12-10+. The van der Waals surface area contributed by atoms with Crippen molar-refractivity contribution in [1.29, 1.82) is 0 Å². The van der Waals surface area contributed by atoms with Crippen LogP contribution in [-0.4, -0.2) is 20.7 Å². The maximum atomic E-state index is 14.4. The molecule has 7 heteroatoms. The molecule has 4 aromatic rings. The van der Waals surface area contributed by atoms with Crippen molar-refractivity contribution < 1.29 is 13.6 Å². The summed E-state index contributed by atoms with van der Waals surface area (Å²) in [4.78, 5) is 12.4. The number of carbonyl (C=O) groups is 1. The first-order valence-corrected chi connectivity index (χ1v) is 10.4. The monoisotopic (exact) mass is 416 g/mol. The van der Waals surface area contributed by atoms with Crippen LogP contribution >= 0.6 is 0 Å². The second-order valence-corrected chi connectivity index (χ2v) is 7.61. The molecule has 2 aromatic heterocycles. The lowest BCUT2D eigenvalue weighted by Gasteiger charge is -2.09. The van der Waals surface area contributed by atoms with Gasteiger partial charge in [0.15, 0.2) is 5.82 Å². The lowest BCUT2D eigenvalue weighted by atomic mass is 10.1. The normalized spacial score (nSPS) is 14.0. The predicted molar refractivity (Wildman–Crippen MR) is 117 cm³/mol. The molecule has 0 atom stereocenters. The van der Waals surface area contributed by atoms with Crippen LogP contribution in [0.15, 0.2) is 59.0 Å². The maximum Gasteiger partial charge on any atom is 0.248 e. The zero-order valence-corrected chi connectivity index (χ0v) is 16.8. The van der Waals surface area contributed by atoms with Crippen molar-refractivity contribution in [2.75, 3.05) is 5.32 Å². The van der Waals surface area contributed by atoms with E-state index in [1.54, 1.807) is 18.2 Å². The first-order chi connectivity index (χ1) is 15.2. The number of anilines is 1. The van der Waals surface area contributed by atoms with Crippen molar-refractivity contribution in [1.82, 2.24) is 14.8 Å². The zero-order chi connectivity index (χ0) is 21.2. The quantitative estimate of drug-likeness (QED) is 0.464. The number of aryl methyl sites for hydroxylation is 1. The number of fused-ring (bicyclic) bond motifs is 2. The summed E-state index contributed by atoms with van der Waals surface area (Å²) in [5, 5.41) is 12.2. The van der Waals surface area contributed by atoms with Gasteiger partial charge in [-0.15, -0.1) is 10.2 Å². The largest absolute Gasteiger partial charge is 0.457 e. The zero-order valence-electron chi connectivity index (χ0n) is 16.8. The Morgan fingerprint density at radius 2 is 2.00 bits per heavy atom. The van der Waals surface area contributed by atoms with Gasteiger partial charge in [0.25, 0.3) is 0 Å². The molecule has 0 saturated carbocycles. The first kappa shape index (κ1) is 19.2. The lowest BCUT2D eigenvalue weighted by Crippen LogP contribution is -2.10. The number of para-hydroxylation sites is 1. The van der Waals surface area contributed by atoms with Crippen LogP contribution in [0.3, 0.4) is 0 Å². The Hall–Kier alpha value is -3.74. The molecule has 0 fully saturated rings. The van der Waals surface area contributed by atoms with Gasteiger partial charge in [0, 0.05) is 30.0 Å². The summed E-state index contributed by atoms with van der Waals surface area (Å²) in [7, 11) is 0. The highest BCUT2D eigenvalue weighted by Gasteiger charge is 2.17. The molecule has 0 bridgehead atoms. The van der Waals surface area contributed by atoms with Gasteiger partial charge in [-0.3, -0.25) is 4.79 Å². The van der Waals surface area contributed by atoms with Crippen molar-refractivity contribution in [3.8, 4) is 11.4 Å². The number of carbonyl (C=O) groups excluding carboxylic acids is 1. The van der Waals surface area contributed by atoms with E-state index in [9.17, 15) is 9.18 Å². The number of halogens is 1. The minimum absolute atomic E-state index is 0.0997. The third-order valence-electron chi connectivity index (χ3n) is 5.44. The lowest BCUT2D eigenvalue weighted by molar-refractivity contribution is -0.111. The van der Waals surface area contributed by atoms with Gasteiger partial charge in [-0.2, -0.15) is 0 Å². The number of aromatic nitrogens is 3. The second kappa shape index (κ2) is 8.18. The van der Waals surface area contributed by atoms with Crippen LogP contribution in [-0.2, 0) is 17.8 Å². The molecule has 156 valence electrons. The summed E-state index contributed by atoms with van der Waals surface area (Å²) in [6.45, 7) is 0.844. The van der Waals surface area contributed by atoms with Gasteiger partial charge >= 0.3 is 0 Å². The molecule has 0 unspecified atom stereocenters. The van der Waals surface area contributed by atoms with Crippen LogP contribution < -0.4 is 5.32 Å². The molecule has 1 N–H and O–H groups in total. The Morgan fingerprint density at radius 3 is 2.90 bits per heavy atom. The maximum absolute atomic E-state index is 14.4. The molecule has 0 spiro atoms. The third kappa shape index (κ3) is 3.99. The molecule has 1 amide bonds. The van der Waals surface area contributed by atoms with Gasteiger partial charge in [0.1, 0.15) is 23.0 Å². The number of nitrogens with zero attached hydrogens (tertiary/aromatic N) is 3. The Bertz CT molecular complexity index is 1250. The SMILES string of the molecule is O=C(/C=C/c1cc2ccccc2o1)Nc1cc(-c2nnc3n2CCCCC3)ccc1F. The number of amides is 1. The fourth-order valence-electron chi connectivity index (χ4n) is 3.88. The molecular formula is C24H21FN4O2. The number of hydrogen-bond donors (Lipinski definition) is 1. The van der Waals surface area contributed by atoms with Gasteiger partial charge in [-0.1, -0.05) is 24.6 Å². The van der Waals surface area contributed by atoms with E-state index in [2.05, 4.69) is 20.1 Å². The fraction of sp³-hybridized carbons (Fsp3) is 0.208. The van der Waals surface area contributed by atoms with Gasteiger partial charge < -0.3 is 14.3 Å². The molecule has 6 nitrogen and oxygen atoms in total. The average Bonchev–Trinajstić information content (AvgIpc) is 3.30. The first-order valence-electron chi connectivity index (χ1n) is 10.4. The van der Waals surface area contributed by atoms with Gasteiger partial charge in [0.2, 0.25) is 5.91 Å². The van der Waals surface area contributed by atoms with E-state index in [4.69, 9.17) is 4.42 Å². The Morgan fingerprint density at radius 1 is 1.10 bits per heavy atom. The van der Waals surface area contributed by atoms with Gasteiger partial charge in [0.05, 0.1) is 5.69 Å². The molecule has 5 rings (SSSR count). The molecule has 3 heterocycles. The minimum atomic E-state index is -0.509. The van der Waals surface area contributed by atoms with E-state index < -0.39 is 11.7 Å². The van der Waals surface area contributed by atoms with Crippen molar-refractivity contribution in [3.05, 3.63) is 72.0 Å². The highest BCUT2D eigenvalue weighted by molar-refractivity contribution is 6.02. The van der Waals surface area contributed by atoms with Crippen LogP contribution in [0.25, 0.3) is 28.4 Å². The van der Waals surface area contributed by atoms with E-state index in [1.165, 1.54) is 12.1 Å². The van der Waals surface area contributed by atoms with Crippen molar-refractivity contribution in [2.24, 2.45) is 0 Å². The van der Waals surface area contributed by atoms with E-state index in [-0.39, 0.29) is 5.69 Å². The van der Waals surface area contributed by atoms with Gasteiger partial charge in [-0.05, 0) is 49.2 Å². The van der Waals surface area contributed by atoms with E-state index in [1.807, 2.05) is 30.3 Å². The van der Waals surface area contributed by atoms with Crippen LogP contribution in [0.1, 0.15) is 30.8 Å². The summed E-state index contributed by atoms with van der Waals surface area (Å²) >= 11 is 0. The van der Waals surface area contributed by atoms with Crippen molar-refractivity contribution in [3.63, 3.8) is 0 Å². The molecule has 1 aliphatic rings. The summed E-state index contributed by atoms with van der Waals surface area (Å²) in [5.41, 5.74) is 1.56. The summed E-state index contributed by atoms with van der Waals surface area (Å²) in [6.07, 6.45) is 7.10. The molecule has 1 aliphatic heterocycles. The third-order valence-corrected chi connectivity index (χ3v) is 5.44. The van der Waals surface area contributed by atoms with Crippen LogP contribution in [0.5, 0.6) is 0 Å². The number of rotatable bonds is 4. The molecule has 0 saturated heterocycles. The smallest absolute Gasteiger partial charge is 0.248 e. The number of benzene rings is 2. The van der Waals surface area contributed by atoms with Crippen molar-refractivity contribution in [2.45, 2.75) is 32.2 Å². The second-order valence-electron chi connectivity index (χ2n) is 7.61. The molecule has 0 radical (unpaired) electrons. The van der Waals surface area contributed by atoms with E-state index in [0.717, 1.165) is 54.6 Å². The average molecular weight is 416 g/mol. The fourth-order valence-corrected chi connectivity index (χ4v) is 3.88. The highest BCUT2D eigenvalue weighted by atomic mass is 19.1. The number of furan rings is 1. The van der Waals surface area contributed by atoms with E-state index >= 15 is 0 Å². The molecule has 2 aromatic carbocycles. The molecular weight excluding hydrogens is 395 g/mol. The summed E-state index contributed by atoms with van der Waals surface area (Å²) < 4.78 is 22.1. The number of hydrogen-bond acceptors (Lipinski definition) is 4.